The van der Waals surface area contributed by atoms with Crippen LogP contribution in [0.4, 0.5) is 0 Å². The molecule has 3 rings (SSSR count). The molecule has 28 heavy (non-hydrogen) atoms. The number of benzene rings is 1. The average Bonchev–Trinajstić information content (AvgIpc) is 3.01. The van der Waals surface area contributed by atoms with Crippen molar-refractivity contribution in [1.82, 2.24) is 9.55 Å². The zero-order valence-electron chi connectivity index (χ0n) is 15.9. The zero-order chi connectivity index (χ0) is 20.3. The van der Waals surface area contributed by atoms with Crippen LogP contribution in [0.2, 0.25) is 0 Å². The normalized spacial score (nSPS) is 10.8. The molecular weight excluding hydrogens is 380 g/mol. The largest absolute Gasteiger partial charge is 0.491 e. The van der Waals surface area contributed by atoms with Gasteiger partial charge in [0.05, 0.1) is 30.4 Å². The number of hydrogen-bond acceptors (Lipinski definition) is 7. The van der Waals surface area contributed by atoms with Crippen LogP contribution in [-0.2, 0) is 11.3 Å². The molecule has 2 heterocycles. The van der Waals surface area contributed by atoms with Gasteiger partial charge in [0, 0.05) is 0 Å². The van der Waals surface area contributed by atoms with E-state index in [2.05, 4.69) is 4.98 Å². The molecule has 2 aromatic heterocycles. The molecule has 3 aromatic rings. The van der Waals surface area contributed by atoms with Crippen molar-refractivity contribution in [2.75, 3.05) is 13.2 Å². The van der Waals surface area contributed by atoms with Crippen LogP contribution >= 0.6 is 11.3 Å². The van der Waals surface area contributed by atoms with Gasteiger partial charge in [0.2, 0.25) is 0 Å². The molecule has 7 nitrogen and oxygen atoms in total. The average molecular weight is 400 g/mol. The first kappa shape index (κ1) is 19.8. The SMILES string of the molecule is CCOC(=O)c1sc2ncn(CCOc3ccccc3C(C)=O)c(=O)c2c1C. The van der Waals surface area contributed by atoms with Crippen LogP contribution in [0.15, 0.2) is 35.4 Å². The lowest BCUT2D eigenvalue weighted by Crippen LogP contribution is -2.23. The van der Waals surface area contributed by atoms with Crippen molar-refractivity contribution in [3.8, 4) is 5.75 Å². The number of aromatic nitrogens is 2. The molecule has 0 amide bonds. The molecule has 0 atom stereocenters. The number of ether oxygens (including phenoxy) is 2. The van der Waals surface area contributed by atoms with Gasteiger partial charge < -0.3 is 9.47 Å². The van der Waals surface area contributed by atoms with Gasteiger partial charge in [-0.3, -0.25) is 14.2 Å². The standard InChI is InChI=1S/C20H20N2O5S/c1-4-26-20(25)17-12(2)16-18(28-17)21-11-22(19(16)24)9-10-27-15-8-6-5-7-14(15)13(3)23/h5-8,11H,4,9-10H2,1-3H3. The highest BCUT2D eigenvalue weighted by atomic mass is 32.1. The van der Waals surface area contributed by atoms with Crippen LogP contribution in [-0.4, -0.2) is 34.5 Å². The Morgan fingerprint density at radius 1 is 1.25 bits per heavy atom. The van der Waals surface area contributed by atoms with Gasteiger partial charge in [0.25, 0.3) is 5.56 Å². The van der Waals surface area contributed by atoms with Crippen molar-refractivity contribution in [2.24, 2.45) is 0 Å². The second-order valence-corrected chi connectivity index (χ2v) is 7.10. The van der Waals surface area contributed by atoms with E-state index in [9.17, 15) is 14.4 Å². The maximum atomic E-state index is 12.8. The fourth-order valence-corrected chi connectivity index (χ4v) is 3.88. The van der Waals surface area contributed by atoms with E-state index in [1.807, 2.05) is 0 Å². The van der Waals surface area contributed by atoms with Crippen molar-refractivity contribution < 1.29 is 19.1 Å². The third-order valence-corrected chi connectivity index (χ3v) is 5.41. The summed E-state index contributed by atoms with van der Waals surface area (Å²) >= 11 is 1.15. The Hall–Kier alpha value is -3.00. The predicted octanol–water partition coefficient (Wildman–Crippen LogP) is 3.22. The Bertz CT molecular complexity index is 1100. The number of fused-ring (bicyclic) bond motifs is 1. The van der Waals surface area contributed by atoms with Crippen molar-refractivity contribution >= 4 is 33.3 Å². The second-order valence-electron chi connectivity index (χ2n) is 6.10. The number of esters is 1. The van der Waals surface area contributed by atoms with E-state index in [0.717, 1.165) is 11.3 Å². The lowest BCUT2D eigenvalue weighted by atomic mass is 10.1. The van der Waals surface area contributed by atoms with Gasteiger partial charge in [-0.1, -0.05) is 12.1 Å². The number of hydrogen-bond donors (Lipinski definition) is 0. The number of carbonyl (C=O) groups excluding carboxylic acids is 2. The van der Waals surface area contributed by atoms with E-state index in [4.69, 9.17) is 9.47 Å². The lowest BCUT2D eigenvalue weighted by Gasteiger charge is -2.10. The number of Topliss-reactive ketones (excluding diaryl/α,β-unsaturated/α-hetero) is 1. The molecule has 0 radical (unpaired) electrons. The van der Waals surface area contributed by atoms with Crippen LogP contribution in [0.3, 0.4) is 0 Å². The van der Waals surface area contributed by atoms with Gasteiger partial charge in [-0.05, 0) is 38.5 Å². The summed E-state index contributed by atoms with van der Waals surface area (Å²) in [7, 11) is 0. The number of thiophene rings is 1. The first-order valence-electron chi connectivity index (χ1n) is 8.82. The number of carbonyl (C=O) groups is 2. The third kappa shape index (κ3) is 3.82. The molecule has 0 unspecified atom stereocenters. The van der Waals surface area contributed by atoms with Crippen LogP contribution in [0.1, 0.15) is 39.4 Å². The van der Waals surface area contributed by atoms with Gasteiger partial charge in [-0.15, -0.1) is 11.3 Å². The lowest BCUT2D eigenvalue weighted by molar-refractivity contribution is 0.0531. The summed E-state index contributed by atoms with van der Waals surface area (Å²) < 4.78 is 12.2. The molecule has 0 spiro atoms. The summed E-state index contributed by atoms with van der Waals surface area (Å²) in [5, 5.41) is 0.416. The molecule has 0 N–H and O–H groups in total. The minimum atomic E-state index is -0.446. The Labute approximate surface area is 165 Å². The number of aryl methyl sites for hydroxylation is 1. The molecule has 146 valence electrons. The van der Waals surface area contributed by atoms with Crippen LogP contribution in [0, 0.1) is 6.92 Å². The van der Waals surface area contributed by atoms with Crippen molar-refractivity contribution in [3.05, 3.63) is 57.0 Å². The minimum Gasteiger partial charge on any atom is -0.491 e. The van der Waals surface area contributed by atoms with Gasteiger partial charge in [-0.2, -0.15) is 0 Å². The fourth-order valence-electron chi connectivity index (χ4n) is 2.85. The maximum absolute atomic E-state index is 12.8. The summed E-state index contributed by atoms with van der Waals surface area (Å²) in [5.74, 6) is -0.0530. The van der Waals surface area contributed by atoms with E-state index >= 15 is 0 Å². The zero-order valence-corrected chi connectivity index (χ0v) is 16.7. The van der Waals surface area contributed by atoms with Crippen molar-refractivity contribution in [3.63, 3.8) is 0 Å². The summed E-state index contributed by atoms with van der Waals surface area (Å²) in [6.07, 6.45) is 1.44. The maximum Gasteiger partial charge on any atom is 0.348 e. The fraction of sp³-hybridized carbons (Fsp3) is 0.300. The molecule has 0 fully saturated rings. The number of para-hydroxylation sites is 1. The Morgan fingerprint density at radius 2 is 2.00 bits per heavy atom. The van der Waals surface area contributed by atoms with Crippen molar-refractivity contribution in [2.45, 2.75) is 27.3 Å². The first-order chi connectivity index (χ1) is 13.4. The monoisotopic (exact) mass is 400 g/mol. The Morgan fingerprint density at radius 3 is 2.71 bits per heavy atom. The highest BCUT2D eigenvalue weighted by Crippen LogP contribution is 2.27. The van der Waals surface area contributed by atoms with E-state index < -0.39 is 5.97 Å². The molecule has 1 aromatic carbocycles. The van der Waals surface area contributed by atoms with E-state index in [1.165, 1.54) is 17.8 Å². The highest BCUT2D eigenvalue weighted by Gasteiger charge is 2.20. The summed E-state index contributed by atoms with van der Waals surface area (Å²) in [6.45, 7) is 5.66. The molecule has 0 aliphatic rings. The highest BCUT2D eigenvalue weighted by molar-refractivity contribution is 7.20. The topological polar surface area (TPSA) is 87.5 Å². The third-order valence-electron chi connectivity index (χ3n) is 4.23. The molecule has 0 aliphatic heterocycles. The van der Waals surface area contributed by atoms with Crippen LogP contribution in [0.25, 0.3) is 10.2 Å². The number of rotatable bonds is 7. The number of nitrogens with zero attached hydrogens (tertiary/aromatic N) is 2. The molecular formula is C20H20N2O5S. The quantitative estimate of drug-likeness (QED) is 0.447. The second kappa shape index (κ2) is 8.35. The molecule has 0 aliphatic carbocycles. The molecule has 8 heteroatoms. The van der Waals surface area contributed by atoms with Gasteiger partial charge in [0.1, 0.15) is 22.1 Å². The predicted molar refractivity (Wildman–Crippen MR) is 107 cm³/mol. The van der Waals surface area contributed by atoms with Crippen LogP contribution in [0.5, 0.6) is 5.75 Å². The summed E-state index contributed by atoms with van der Waals surface area (Å²) in [4.78, 5) is 41.7. The first-order valence-corrected chi connectivity index (χ1v) is 9.64. The minimum absolute atomic E-state index is 0.0868. The Kier molecular flexibility index (Phi) is 5.89. The molecule has 0 saturated heterocycles. The van der Waals surface area contributed by atoms with E-state index in [0.29, 0.717) is 32.0 Å². The van der Waals surface area contributed by atoms with E-state index in [-0.39, 0.29) is 31.1 Å². The number of ketones is 1. The van der Waals surface area contributed by atoms with E-state index in [1.54, 1.807) is 38.1 Å². The van der Waals surface area contributed by atoms with Gasteiger partial charge >= 0.3 is 5.97 Å². The van der Waals surface area contributed by atoms with Crippen molar-refractivity contribution in [1.29, 1.82) is 0 Å². The summed E-state index contributed by atoms with van der Waals surface area (Å²) in [5.41, 5.74) is 0.835. The molecule has 0 saturated carbocycles. The molecule has 0 bridgehead atoms. The smallest absolute Gasteiger partial charge is 0.348 e. The Balaban J connectivity index is 1.82. The van der Waals surface area contributed by atoms with Crippen LogP contribution < -0.4 is 10.3 Å². The summed E-state index contributed by atoms with van der Waals surface area (Å²) in [6, 6.07) is 6.97. The van der Waals surface area contributed by atoms with Gasteiger partial charge in [-0.25, -0.2) is 9.78 Å². The van der Waals surface area contributed by atoms with Gasteiger partial charge in [0.15, 0.2) is 5.78 Å².